The summed E-state index contributed by atoms with van der Waals surface area (Å²) in [5, 5.41) is 1.29. The third-order valence-corrected chi connectivity index (χ3v) is 4.88. The molecule has 4 rings (SSSR count). The van der Waals surface area contributed by atoms with E-state index in [4.69, 9.17) is 0 Å². The fourth-order valence-electron chi connectivity index (χ4n) is 3.48. The Morgan fingerprint density at radius 3 is 2.82 bits per heavy atom. The molecule has 112 valence electrons. The monoisotopic (exact) mass is 291 g/mol. The Kier molecular flexibility index (Phi) is 2.96. The molecular weight excluding hydrogens is 270 g/mol. The number of fused-ring (bicyclic) bond motifs is 2. The molecule has 0 saturated carbocycles. The first kappa shape index (κ1) is 13.4. The number of nitrogens with one attached hydrogen (secondary N) is 1. The van der Waals surface area contributed by atoms with E-state index in [1.807, 2.05) is 6.20 Å². The van der Waals surface area contributed by atoms with E-state index in [2.05, 4.69) is 59.9 Å². The molecule has 0 saturated heterocycles. The predicted molar refractivity (Wildman–Crippen MR) is 91.5 cm³/mol. The van der Waals surface area contributed by atoms with Crippen LogP contribution in [0.2, 0.25) is 0 Å². The summed E-state index contributed by atoms with van der Waals surface area (Å²) < 4.78 is 0. The van der Waals surface area contributed by atoms with Crippen LogP contribution in [-0.2, 0) is 13.0 Å². The molecule has 3 aromatic rings. The minimum absolute atomic E-state index is 0.945. The van der Waals surface area contributed by atoms with Gasteiger partial charge in [-0.3, -0.25) is 0 Å². The van der Waals surface area contributed by atoms with Crippen LogP contribution in [0.25, 0.3) is 10.9 Å². The number of H-pyrrole nitrogens is 1. The van der Waals surface area contributed by atoms with Gasteiger partial charge in [0, 0.05) is 30.4 Å². The molecule has 3 heterocycles. The molecule has 0 aliphatic carbocycles. The van der Waals surface area contributed by atoms with Crippen LogP contribution in [0.4, 0.5) is 5.82 Å². The summed E-state index contributed by atoms with van der Waals surface area (Å²) in [4.78, 5) is 10.6. The smallest absolute Gasteiger partial charge is 0.153 e. The third kappa shape index (κ3) is 2.00. The molecule has 0 fully saturated rings. The fraction of sp³-hybridized carbons (Fsp3) is 0.316. The Balaban J connectivity index is 1.79. The topological polar surface area (TPSA) is 31.9 Å². The molecule has 3 nitrogen and oxygen atoms in total. The molecule has 0 amide bonds. The Hall–Kier alpha value is -2.29. The minimum atomic E-state index is 0.945. The number of aromatic nitrogens is 2. The summed E-state index contributed by atoms with van der Waals surface area (Å²) >= 11 is 0. The van der Waals surface area contributed by atoms with Gasteiger partial charge in [-0.25, -0.2) is 4.98 Å². The number of nitrogens with zero attached hydrogens (tertiary/aromatic N) is 2. The minimum Gasteiger partial charge on any atom is -0.355 e. The highest BCUT2D eigenvalue weighted by Crippen LogP contribution is 2.31. The molecule has 1 aliphatic heterocycles. The van der Waals surface area contributed by atoms with Crippen LogP contribution < -0.4 is 4.90 Å². The maximum atomic E-state index is 4.68. The number of pyridine rings is 1. The zero-order valence-corrected chi connectivity index (χ0v) is 13.4. The lowest BCUT2D eigenvalue weighted by Gasteiger charge is -2.30. The zero-order valence-electron chi connectivity index (χ0n) is 13.4. The third-order valence-electron chi connectivity index (χ3n) is 4.88. The van der Waals surface area contributed by atoms with Crippen molar-refractivity contribution < 1.29 is 0 Å². The quantitative estimate of drug-likeness (QED) is 0.733. The number of anilines is 1. The van der Waals surface area contributed by atoms with E-state index in [1.165, 1.54) is 38.9 Å². The first-order valence-corrected chi connectivity index (χ1v) is 7.91. The van der Waals surface area contributed by atoms with E-state index in [1.54, 1.807) is 0 Å². The van der Waals surface area contributed by atoms with Crippen LogP contribution in [0.1, 0.15) is 27.9 Å². The van der Waals surface area contributed by atoms with E-state index in [0.717, 1.165) is 25.3 Å². The molecule has 1 aromatic carbocycles. The number of hydrogen-bond acceptors (Lipinski definition) is 2. The lowest BCUT2D eigenvalue weighted by molar-refractivity contribution is 0.722. The average molecular weight is 291 g/mol. The molecule has 0 bridgehead atoms. The number of benzene rings is 1. The SMILES string of the molecule is Cc1ccc2c(c1)CN(c1nccc3c(C)c(C)[nH]c13)CC2. The van der Waals surface area contributed by atoms with Crippen LogP contribution >= 0.6 is 0 Å². The lowest BCUT2D eigenvalue weighted by atomic mass is 9.97. The molecular formula is C19H21N3. The maximum absolute atomic E-state index is 4.68. The molecule has 0 atom stereocenters. The second kappa shape index (κ2) is 4.87. The van der Waals surface area contributed by atoms with Gasteiger partial charge in [-0.05, 0) is 49.9 Å². The molecule has 0 radical (unpaired) electrons. The van der Waals surface area contributed by atoms with Gasteiger partial charge >= 0.3 is 0 Å². The van der Waals surface area contributed by atoms with E-state index >= 15 is 0 Å². The van der Waals surface area contributed by atoms with Crippen LogP contribution in [-0.4, -0.2) is 16.5 Å². The van der Waals surface area contributed by atoms with E-state index < -0.39 is 0 Å². The zero-order chi connectivity index (χ0) is 15.3. The Labute approximate surface area is 131 Å². The van der Waals surface area contributed by atoms with Gasteiger partial charge in [0.2, 0.25) is 0 Å². The van der Waals surface area contributed by atoms with E-state index in [0.29, 0.717) is 0 Å². The van der Waals surface area contributed by atoms with Crippen molar-refractivity contribution in [3.05, 3.63) is 58.4 Å². The van der Waals surface area contributed by atoms with Gasteiger partial charge in [0.15, 0.2) is 5.82 Å². The van der Waals surface area contributed by atoms with Crippen molar-refractivity contribution in [1.82, 2.24) is 9.97 Å². The van der Waals surface area contributed by atoms with Gasteiger partial charge in [-0.1, -0.05) is 23.8 Å². The van der Waals surface area contributed by atoms with Gasteiger partial charge in [-0.15, -0.1) is 0 Å². The highest BCUT2D eigenvalue weighted by atomic mass is 15.2. The number of aromatic amines is 1. The normalized spacial score (nSPS) is 14.4. The van der Waals surface area contributed by atoms with Crippen molar-refractivity contribution in [2.75, 3.05) is 11.4 Å². The van der Waals surface area contributed by atoms with Crippen LogP contribution in [0.15, 0.2) is 30.5 Å². The highest BCUT2D eigenvalue weighted by Gasteiger charge is 2.20. The molecule has 3 heteroatoms. The largest absolute Gasteiger partial charge is 0.355 e. The van der Waals surface area contributed by atoms with Gasteiger partial charge in [0.25, 0.3) is 0 Å². The number of aryl methyl sites for hydroxylation is 3. The first-order chi connectivity index (χ1) is 10.6. The second-order valence-corrected chi connectivity index (χ2v) is 6.38. The second-order valence-electron chi connectivity index (χ2n) is 6.38. The van der Waals surface area contributed by atoms with Crippen LogP contribution in [0, 0.1) is 20.8 Å². The van der Waals surface area contributed by atoms with Crippen molar-refractivity contribution in [3.63, 3.8) is 0 Å². The summed E-state index contributed by atoms with van der Waals surface area (Å²) in [7, 11) is 0. The molecule has 1 N–H and O–H groups in total. The number of rotatable bonds is 1. The molecule has 22 heavy (non-hydrogen) atoms. The van der Waals surface area contributed by atoms with E-state index in [-0.39, 0.29) is 0 Å². The molecule has 0 spiro atoms. The van der Waals surface area contributed by atoms with Crippen molar-refractivity contribution in [2.45, 2.75) is 33.7 Å². The fourth-order valence-corrected chi connectivity index (χ4v) is 3.48. The summed E-state index contributed by atoms with van der Waals surface area (Å²) in [5.74, 6) is 1.08. The first-order valence-electron chi connectivity index (χ1n) is 7.91. The maximum Gasteiger partial charge on any atom is 0.153 e. The summed E-state index contributed by atoms with van der Waals surface area (Å²) in [6, 6.07) is 8.91. The van der Waals surface area contributed by atoms with Gasteiger partial charge in [0.1, 0.15) is 0 Å². The summed E-state index contributed by atoms with van der Waals surface area (Å²) in [6.07, 6.45) is 3.02. The molecule has 2 aromatic heterocycles. The van der Waals surface area contributed by atoms with Crippen molar-refractivity contribution in [1.29, 1.82) is 0 Å². The summed E-state index contributed by atoms with van der Waals surface area (Å²) in [5.41, 5.74) is 7.98. The number of hydrogen-bond donors (Lipinski definition) is 1. The van der Waals surface area contributed by atoms with E-state index in [9.17, 15) is 0 Å². The highest BCUT2D eigenvalue weighted by molar-refractivity contribution is 5.92. The molecule has 1 aliphatic rings. The van der Waals surface area contributed by atoms with Crippen LogP contribution in [0.5, 0.6) is 0 Å². The Morgan fingerprint density at radius 2 is 1.95 bits per heavy atom. The Bertz CT molecular complexity index is 860. The predicted octanol–water partition coefficient (Wildman–Crippen LogP) is 4.05. The lowest BCUT2D eigenvalue weighted by Crippen LogP contribution is -2.31. The summed E-state index contributed by atoms with van der Waals surface area (Å²) in [6.45, 7) is 8.44. The van der Waals surface area contributed by atoms with Crippen molar-refractivity contribution in [3.8, 4) is 0 Å². The van der Waals surface area contributed by atoms with Gasteiger partial charge < -0.3 is 9.88 Å². The van der Waals surface area contributed by atoms with Gasteiger partial charge in [-0.2, -0.15) is 0 Å². The molecule has 0 unspecified atom stereocenters. The van der Waals surface area contributed by atoms with Crippen molar-refractivity contribution in [2.24, 2.45) is 0 Å². The van der Waals surface area contributed by atoms with Gasteiger partial charge in [0.05, 0.1) is 5.52 Å². The standard InChI is InChI=1S/C19H21N3/c1-12-4-5-15-7-9-22(11-16(15)10-12)19-18-17(6-8-20-19)13(2)14(3)21-18/h4-6,8,10,21H,7,9,11H2,1-3H3. The van der Waals surface area contributed by atoms with Crippen LogP contribution in [0.3, 0.4) is 0 Å². The average Bonchev–Trinajstić information content (AvgIpc) is 2.81. The Morgan fingerprint density at radius 1 is 1.09 bits per heavy atom. The van der Waals surface area contributed by atoms with Crippen molar-refractivity contribution >= 4 is 16.7 Å².